The molecule has 0 N–H and O–H groups in total. The summed E-state index contributed by atoms with van der Waals surface area (Å²) in [6, 6.07) is 40.1. The molecule has 4 aromatic heterocycles. The number of fused-ring (bicyclic) bond motifs is 10. The van der Waals surface area contributed by atoms with Crippen LogP contribution in [0.5, 0.6) is 0 Å². The molecule has 0 saturated carbocycles. The van der Waals surface area contributed by atoms with E-state index >= 15 is 0 Å². The topological polar surface area (TPSA) is 70.3 Å². The first-order valence-corrected chi connectivity index (χ1v) is 18.2. The van der Waals surface area contributed by atoms with Crippen LogP contribution in [0.25, 0.3) is 98.9 Å². The highest BCUT2D eigenvalue weighted by molar-refractivity contribution is 6.14. The highest BCUT2D eigenvalue weighted by Crippen LogP contribution is 2.40. The van der Waals surface area contributed by atoms with Crippen molar-refractivity contribution in [3.63, 3.8) is 0 Å². The molecule has 4 heterocycles. The van der Waals surface area contributed by atoms with Crippen molar-refractivity contribution in [3.05, 3.63) is 164 Å². The molecule has 0 fully saturated rings. The van der Waals surface area contributed by atoms with Gasteiger partial charge in [0, 0.05) is 21.5 Å². The van der Waals surface area contributed by atoms with Gasteiger partial charge in [-0.1, -0.05) is 84.9 Å². The fraction of sp³-hybridized carbons (Fsp3) is 0.0833. The Hall–Kier alpha value is -6.92. The zero-order chi connectivity index (χ0) is 36.6. The molecule has 11 rings (SSSR count). The third-order valence-corrected chi connectivity index (χ3v) is 11.4. The zero-order valence-electron chi connectivity index (χ0n) is 30.1. The molecule has 54 heavy (non-hydrogen) atoms. The summed E-state index contributed by atoms with van der Waals surface area (Å²) < 4.78 is 17.9. The Morgan fingerprint density at radius 2 is 0.667 bits per heavy atom. The Morgan fingerprint density at radius 1 is 0.370 bits per heavy atom. The van der Waals surface area contributed by atoms with Gasteiger partial charge in [0.25, 0.3) is 0 Å². The number of hydrogen-bond donors (Lipinski definition) is 0. The average Bonchev–Trinajstić information content (AvgIpc) is 3.71. The smallest absolute Gasteiger partial charge is 0.200 e. The second-order valence-electron chi connectivity index (χ2n) is 14.6. The van der Waals surface area contributed by atoms with Crippen LogP contribution in [0.4, 0.5) is 0 Å². The average molecular weight is 701 g/mol. The van der Waals surface area contributed by atoms with Gasteiger partial charge in [0.05, 0.1) is 55.0 Å². The maximum Gasteiger partial charge on any atom is 0.200 e. The Bertz CT molecular complexity index is 3240. The first-order valence-electron chi connectivity index (χ1n) is 18.2. The van der Waals surface area contributed by atoms with Crippen molar-refractivity contribution in [2.45, 2.75) is 27.7 Å². The maximum atomic E-state index is 14.5. The lowest BCUT2D eigenvalue weighted by atomic mass is 10.1. The molecule has 0 atom stereocenters. The van der Waals surface area contributed by atoms with E-state index in [4.69, 9.17) is 8.83 Å². The number of nitrogens with zero attached hydrogens (tertiary/aromatic N) is 2. The molecule has 11 aromatic rings. The van der Waals surface area contributed by atoms with E-state index in [1.165, 1.54) is 0 Å². The number of benzene rings is 7. The first kappa shape index (κ1) is 30.7. The molecule has 0 saturated heterocycles. The highest BCUT2D eigenvalue weighted by Gasteiger charge is 2.23. The molecule has 0 radical (unpaired) electrons. The summed E-state index contributed by atoms with van der Waals surface area (Å²) in [7, 11) is 0. The van der Waals surface area contributed by atoms with Crippen LogP contribution < -0.4 is 10.9 Å². The van der Waals surface area contributed by atoms with E-state index in [1.54, 1.807) is 12.1 Å². The quantitative estimate of drug-likeness (QED) is 0.168. The number of hydrogen-bond acceptors (Lipinski definition) is 4. The van der Waals surface area contributed by atoms with Gasteiger partial charge in [0.2, 0.25) is 10.9 Å². The van der Waals surface area contributed by atoms with E-state index < -0.39 is 0 Å². The molecule has 0 aliphatic heterocycles. The van der Waals surface area contributed by atoms with Crippen molar-refractivity contribution < 1.29 is 8.83 Å². The van der Waals surface area contributed by atoms with Crippen molar-refractivity contribution in [3.8, 4) is 11.4 Å². The third kappa shape index (κ3) is 3.94. The summed E-state index contributed by atoms with van der Waals surface area (Å²) in [5.41, 5.74) is 11.5. The summed E-state index contributed by atoms with van der Waals surface area (Å²) in [5.74, 6) is 0. The zero-order valence-corrected chi connectivity index (χ0v) is 30.1. The lowest BCUT2D eigenvalue weighted by molar-refractivity contribution is 0.650. The van der Waals surface area contributed by atoms with Crippen molar-refractivity contribution in [2.75, 3.05) is 0 Å². The van der Waals surface area contributed by atoms with Gasteiger partial charge in [0.15, 0.2) is 11.2 Å². The molecule has 258 valence electrons. The van der Waals surface area contributed by atoms with Gasteiger partial charge in [-0.2, -0.15) is 0 Å². The summed E-state index contributed by atoms with van der Waals surface area (Å²) in [5, 5.41) is 6.15. The van der Waals surface area contributed by atoms with Crippen molar-refractivity contribution in [1.29, 1.82) is 0 Å². The SMILES string of the molecule is Cc1cccc2c3cccc(C)c3n(-c3cccc4c(=O)c5cc6oc7c(-n8c9c(C)cccc9c9cccc(C)c98)cccc7c(=O)c6cc5oc34)c12. The van der Waals surface area contributed by atoms with E-state index in [9.17, 15) is 9.59 Å². The molecule has 0 aliphatic rings. The monoisotopic (exact) mass is 700 g/mol. The molecule has 6 heteroatoms. The Morgan fingerprint density at radius 3 is 1.00 bits per heavy atom. The van der Waals surface area contributed by atoms with Gasteiger partial charge in [-0.3, -0.25) is 9.59 Å². The lowest BCUT2D eigenvalue weighted by Gasteiger charge is -2.14. The van der Waals surface area contributed by atoms with Crippen LogP contribution in [0.2, 0.25) is 0 Å². The summed E-state index contributed by atoms with van der Waals surface area (Å²) >= 11 is 0. The van der Waals surface area contributed by atoms with E-state index in [-0.39, 0.29) is 10.9 Å². The van der Waals surface area contributed by atoms with Crippen LogP contribution in [0.15, 0.2) is 140 Å². The Balaban J connectivity index is 1.22. The Labute approximate surface area is 307 Å². The summed E-state index contributed by atoms with van der Waals surface area (Å²) in [6.45, 7) is 8.42. The van der Waals surface area contributed by atoms with E-state index in [2.05, 4.69) is 110 Å². The second kappa shape index (κ2) is 10.8. The number of aryl methyl sites for hydroxylation is 4. The highest BCUT2D eigenvalue weighted by atomic mass is 16.3. The summed E-state index contributed by atoms with van der Waals surface area (Å²) in [4.78, 5) is 29.0. The van der Waals surface area contributed by atoms with Gasteiger partial charge in [-0.05, 0) is 86.3 Å². The number of aromatic nitrogens is 2. The molecule has 6 nitrogen and oxygen atoms in total. The molecule has 0 bridgehead atoms. The molecule has 0 amide bonds. The number of para-hydroxylation sites is 6. The summed E-state index contributed by atoms with van der Waals surface area (Å²) in [6.07, 6.45) is 0. The predicted molar refractivity (Wildman–Crippen MR) is 221 cm³/mol. The maximum absolute atomic E-state index is 14.5. The number of rotatable bonds is 2. The van der Waals surface area contributed by atoms with Crippen molar-refractivity contribution >= 4 is 87.5 Å². The minimum absolute atomic E-state index is 0.186. The normalized spacial score (nSPS) is 12.2. The van der Waals surface area contributed by atoms with E-state index in [0.717, 1.165) is 77.2 Å². The van der Waals surface area contributed by atoms with Gasteiger partial charge < -0.3 is 18.0 Å². The third-order valence-electron chi connectivity index (χ3n) is 11.4. The minimum atomic E-state index is -0.186. The molecule has 0 unspecified atom stereocenters. The van der Waals surface area contributed by atoms with Gasteiger partial charge >= 0.3 is 0 Å². The fourth-order valence-electron chi connectivity index (χ4n) is 8.97. The Kier molecular flexibility index (Phi) is 6.14. The molecule has 7 aromatic carbocycles. The molecule has 0 aliphatic carbocycles. The van der Waals surface area contributed by atoms with Gasteiger partial charge in [-0.15, -0.1) is 0 Å². The molecular weight excluding hydrogens is 669 g/mol. The van der Waals surface area contributed by atoms with Crippen molar-refractivity contribution in [1.82, 2.24) is 9.13 Å². The lowest BCUT2D eigenvalue weighted by Crippen LogP contribution is -2.08. The van der Waals surface area contributed by atoms with Gasteiger partial charge in [0.1, 0.15) is 11.2 Å². The first-order chi connectivity index (χ1) is 26.3. The molecule has 0 spiro atoms. The van der Waals surface area contributed by atoms with E-state index in [0.29, 0.717) is 43.9 Å². The van der Waals surface area contributed by atoms with Gasteiger partial charge in [-0.25, -0.2) is 0 Å². The predicted octanol–water partition coefficient (Wildman–Crippen LogP) is 11.6. The van der Waals surface area contributed by atoms with Crippen LogP contribution in [0.3, 0.4) is 0 Å². The fourth-order valence-corrected chi connectivity index (χ4v) is 8.97. The standard InChI is InChI=1S/C48H32N2O4/c1-25-11-5-15-29-30-16-6-12-26(2)42(30)49(41(25)29)37-21-9-19-33-45(51)35-24-40-36(23-39(35)53-47(33)37)46(52)34-20-10-22-38(48(34)54-40)50-43-27(3)13-7-17-31(43)32-18-8-14-28(4)44(32)50/h5-24H,1-4H3. The van der Waals surface area contributed by atoms with E-state index in [1.807, 2.05) is 36.4 Å². The van der Waals surface area contributed by atoms with Crippen molar-refractivity contribution in [2.24, 2.45) is 0 Å². The van der Waals surface area contributed by atoms with Crippen LogP contribution in [0.1, 0.15) is 22.3 Å². The van der Waals surface area contributed by atoms with Crippen LogP contribution >= 0.6 is 0 Å². The molecular formula is C48H32N2O4. The van der Waals surface area contributed by atoms with Crippen LogP contribution in [-0.2, 0) is 0 Å². The van der Waals surface area contributed by atoms with Crippen LogP contribution in [-0.4, -0.2) is 9.13 Å². The largest absolute Gasteiger partial charge is 0.454 e. The van der Waals surface area contributed by atoms with Crippen LogP contribution in [0, 0.1) is 27.7 Å². The minimum Gasteiger partial charge on any atom is -0.454 e. The second-order valence-corrected chi connectivity index (χ2v) is 14.6.